The molecule has 0 bridgehead atoms. The monoisotopic (exact) mass is 681 g/mol. The number of benzene rings is 2. The van der Waals surface area contributed by atoms with E-state index in [4.69, 9.17) is 28.4 Å². The first-order valence-corrected chi connectivity index (χ1v) is 16.2. The highest BCUT2D eigenvalue weighted by Gasteiger charge is 2.54. The summed E-state index contributed by atoms with van der Waals surface area (Å²) in [7, 11) is 2.96. The number of aliphatic hydroxyl groups excluding tert-OH is 1. The summed E-state index contributed by atoms with van der Waals surface area (Å²) in [6.45, 7) is 3.47. The van der Waals surface area contributed by atoms with Crippen LogP contribution in [0, 0.1) is 0 Å². The fourth-order valence-corrected chi connectivity index (χ4v) is 7.84. The number of ketones is 2. The summed E-state index contributed by atoms with van der Waals surface area (Å²) in [6, 6.07) is 4.51. The number of carbonyl (C=O) groups is 3. The predicted octanol–water partition coefficient (Wildman–Crippen LogP) is 0.792. The number of phenols is 1. The Labute approximate surface area is 281 Å². The molecule has 3 aliphatic heterocycles. The van der Waals surface area contributed by atoms with E-state index in [1.807, 2.05) is 6.92 Å². The Morgan fingerprint density at radius 1 is 1.14 bits per heavy atom. The lowest BCUT2D eigenvalue weighted by molar-refractivity contribution is -0.247. The summed E-state index contributed by atoms with van der Waals surface area (Å²) in [6.07, 6.45) is -2.54. The Hall–Kier alpha value is -3.96. The number of methoxy groups -OCH3 is 2. The van der Waals surface area contributed by atoms with Gasteiger partial charge in [0.05, 0.1) is 48.8 Å². The number of hydrogen-bond acceptors (Lipinski definition) is 14. The molecule has 0 spiro atoms. The molecule has 3 heterocycles. The van der Waals surface area contributed by atoms with Crippen molar-refractivity contribution in [1.82, 2.24) is 10.3 Å². The lowest BCUT2D eigenvalue weighted by atomic mass is 9.73. The van der Waals surface area contributed by atoms with Gasteiger partial charge in [0, 0.05) is 56.2 Å². The molecule has 49 heavy (non-hydrogen) atoms. The zero-order chi connectivity index (χ0) is 34.8. The van der Waals surface area contributed by atoms with Crippen LogP contribution in [0.25, 0.3) is 0 Å². The normalized spacial score (nSPS) is 30.9. The summed E-state index contributed by atoms with van der Waals surface area (Å²) >= 11 is 0. The van der Waals surface area contributed by atoms with Crippen LogP contribution in [0.2, 0.25) is 0 Å². The van der Waals surface area contributed by atoms with Crippen LogP contribution in [0.1, 0.15) is 69.7 Å². The molecule has 0 aromatic heterocycles. The molecule has 1 amide bonds. The maximum atomic E-state index is 14.4. The number of hydrazone groups is 1. The summed E-state index contributed by atoms with van der Waals surface area (Å²) < 4.78 is 36.1. The molecule has 0 radical (unpaired) electrons. The molecule has 0 saturated carbocycles. The van der Waals surface area contributed by atoms with Crippen molar-refractivity contribution >= 4 is 23.2 Å². The molecular weight excluding hydrogens is 642 g/mol. The average Bonchev–Trinajstić information content (AvgIpc) is 3.47. The van der Waals surface area contributed by atoms with Crippen LogP contribution in [0.3, 0.4) is 0 Å². The Bertz CT molecular complexity index is 1750. The Kier molecular flexibility index (Phi) is 8.71. The molecule has 3 fully saturated rings. The minimum atomic E-state index is -1.80. The van der Waals surface area contributed by atoms with Gasteiger partial charge in [0.2, 0.25) is 18.0 Å². The molecule has 7 rings (SSSR count). The molecule has 2 aliphatic carbocycles. The number of aromatic hydroxyl groups is 1. The number of rotatable bonds is 7. The van der Waals surface area contributed by atoms with Gasteiger partial charge in [-0.3, -0.25) is 19.3 Å². The van der Waals surface area contributed by atoms with E-state index in [-0.39, 0.29) is 76.4 Å². The van der Waals surface area contributed by atoms with Gasteiger partial charge in [0.1, 0.15) is 29.0 Å². The fraction of sp³-hybridized carbons (Fsp3) is 0.529. The maximum Gasteiger partial charge on any atom is 0.236 e. The topological polar surface area (TPSA) is 195 Å². The predicted molar refractivity (Wildman–Crippen MR) is 169 cm³/mol. The molecule has 15 heteroatoms. The van der Waals surface area contributed by atoms with Crippen molar-refractivity contribution in [2.45, 2.75) is 82.2 Å². The number of aliphatic hydroxyl groups is 2. The van der Waals surface area contributed by atoms with Gasteiger partial charge in [-0.1, -0.05) is 12.1 Å². The van der Waals surface area contributed by atoms with Crippen LogP contribution >= 0.6 is 0 Å². The molecule has 5 aliphatic rings. The van der Waals surface area contributed by atoms with E-state index in [1.165, 1.54) is 20.1 Å². The largest absolute Gasteiger partial charge is 0.507 e. The van der Waals surface area contributed by atoms with Crippen LogP contribution < -0.4 is 14.9 Å². The van der Waals surface area contributed by atoms with E-state index in [2.05, 4.69) is 15.4 Å². The molecule has 15 nitrogen and oxygen atoms in total. The highest BCUT2D eigenvalue weighted by Crippen LogP contribution is 2.50. The van der Waals surface area contributed by atoms with E-state index in [0.29, 0.717) is 25.1 Å². The van der Waals surface area contributed by atoms with Crippen molar-refractivity contribution in [2.24, 2.45) is 5.10 Å². The fourth-order valence-electron chi connectivity index (χ4n) is 7.84. The van der Waals surface area contributed by atoms with Gasteiger partial charge >= 0.3 is 0 Å². The second-order valence-electron chi connectivity index (χ2n) is 12.9. The molecule has 4 N–H and O–H groups in total. The molecule has 3 saturated heterocycles. The van der Waals surface area contributed by atoms with Crippen LogP contribution in [-0.4, -0.2) is 120 Å². The van der Waals surface area contributed by atoms with Gasteiger partial charge in [0.15, 0.2) is 18.3 Å². The smallest absolute Gasteiger partial charge is 0.236 e. The minimum Gasteiger partial charge on any atom is -0.507 e. The van der Waals surface area contributed by atoms with E-state index >= 15 is 0 Å². The van der Waals surface area contributed by atoms with Crippen molar-refractivity contribution in [1.29, 1.82) is 0 Å². The number of fused-ring (bicyclic) bond motifs is 6. The molecule has 2 aromatic rings. The third-order valence-corrected chi connectivity index (χ3v) is 10.1. The van der Waals surface area contributed by atoms with Gasteiger partial charge < -0.3 is 43.7 Å². The first-order valence-electron chi connectivity index (χ1n) is 16.2. The number of nitrogens with zero attached hydrogens (tertiary/aromatic N) is 2. The number of ether oxygens (including phenoxy) is 6. The maximum absolute atomic E-state index is 14.4. The summed E-state index contributed by atoms with van der Waals surface area (Å²) in [5, 5.41) is 37.5. The second kappa shape index (κ2) is 12.7. The van der Waals surface area contributed by atoms with Gasteiger partial charge in [-0.05, 0) is 25.8 Å². The first kappa shape index (κ1) is 33.5. The van der Waals surface area contributed by atoms with Crippen molar-refractivity contribution < 1.29 is 58.1 Å². The van der Waals surface area contributed by atoms with Gasteiger partial charge in [0.25, 0.3) is 0 Å². The van der Waals surface area contributed by atoms with E-state index in [1.54, 1.807) is 19.2 Å². The zero-order valence-corrected chi connectivity index (χ0v) is 27.6. The number of nitrogens with one attached hydrogen (secondary N) is 1. The number of amides is 1. The Morgan fingerprint density at radius 2 is 1.94 bits per heavy atom. The number of morpholine rings is 1. The quantitative estimate of drug-likeness (QED) is 0.202. The highest BCUT2D eigenvalue weighted by atomic mass is 16.7. The van der Waals surface area contributed by atoms with E-state index < -0.39 is 60.3 Å². The molecule has 2 aromatic carbocycles. The van der Waals surface area contributed by atoms with Gasteiger partial charge in [-0.2, -0.15) is 5.10 Å². The number of hydrogen-bond donors (Lipinski definition) is 4. The lowest BCUT2D eigenvalue weighted by Gasteiger charge is -2.41. The highest BCUT2D eigenvalue weighted by molar-refractivity contribution is 6.31. The molecular formula is C34H39N3O12. The Morgan fingerprint density at radius 3 is 2.65 bits per heavy atom. The summed E-state index contributed by atoms with van der Waals surface area (Å²) in [5.41, 5.74) is 0.576. The van der Waals surface area contributed by atoms with E-state index in [9.17, 15) is 29.7 Å². The molecule has 0 unspecified atom stereocenters. The number of carbonyl (C=O) groups excluding carboxylic acids is 3. The average molecular weight is 682 g/mol. The van der Waals surface area contributed by atoms with Crippen LogP contribution in [0.15, 0.2) is 23.3 Å². The number of phenolic OH excluding ortho intramolecular Hbond substituents is 1. The Balaban J connectivity index is 1.33. The lowest BCUT2D eigenvalue weighted by Crippen LogP contribution is -2.55. The van der Waals surface area contributed by atoms with Crippen molar-refractivity contribution in [3.05, 3.63) is 51.6 Å². The van der Waals surface area contributed by atoms with Crippen molar-refractivity contribution in [2.75, 3.05) is 34.0 Å². The standard InChI is InChI=1S/C34H39N3O12/c1-15-30-20(37-10-11-46-33(45-4)32(37)49-30)12-23(47-15)48-31-17-8-9-34(43,22(14-38)36-35-16(2)39)13-19(17)28(41)25-26(31)29(42)24-18(27(25)40)6-5-7-21(24)44-3/h5-7,15,20,23,30,32-33,38,41,43H,8-14H2,1-4H3,(H,35,39)/b36-22+/t15-,20-,23-,30+,32+,33-,34+/m0/s1. The van der Waals surface area contributed by atoms with E-state index in [0.717, 1.165) is 0 Å². The minimum absolute atomic E-state index is 0.00998. The van der Waals surface area contributed by atoms with Crippen molar-refractivity contribution in [3.8, 4) is 17.2 Å². The van der Waals surface area contributed by atoms with Crippen LogP contribution in [0.5, 0.6) is 17.2 Å². The third-order valence-electron chi connectivity index (χ3n) is 10.1. The summed E-state index contributed by atoms with van der Waals surface area (Å²) in [5.74, 6) is -1.92. The van der Waals surface area contributed by atoms with Crippen LogP contribution in [-0.2, 0) is 36.6 Å². The SMILES string of the molecule is COc1cccc2c1C(=O)c1c(O[C@H]3C[C@H]4[C@H](O[C@@H]5[C@@H](OC)OCCN54)[C@H](C)O3)c3c(c(O)c1C2=O)C[C@@](O)(/C(CO)=N/NC(C)=O)CC3. The third kappa shape index (κ3) is 5.40. The van der Waals surface area contributed by atoms with Crippen LogP contribution in [0.4, 0.5) is 0 Å². The summed E-state index contributed by atoms with van der Waals surface area (Å²) in [4.78, 5) is 42.3. The van der Waals surface area contributed by atoms with Gasteiger partial charge in [-0.25, -0.2) is 5.43 Å². The van der Waals surface area contributed by atoms with Crippen molar-refractivity contribution in [3.63, 3.8) is 0 Å². The van der Waals surface area contributed by atoms with Gasteiger partial charge in [-0.15, -0.1) is 0 Å². The molecule has 262 valence electrons. The first-order chi connectivity index (χ1) is 23.5. The molecule has 7 atom stereocenters. The second-order valence-corrected chi connectivity index (χ2v) is 12.9. The zero-order valence-electron chi connectivity index (χ0n) is 27.6.